The molecule has 2 aliphatic rings. The van der Waals surface area contributed by atoms with Crippen LogP contribution in [-0.4, -0.2) is 128 Å². The van der Waals surface area contributed by atoms with E-state index in [-0.39, 0.29) is 6.54 Å². The number of rotatable bonds is 10. The number of hydrogen-bond acceptors (Lipinski definition) is 13. The first kappa shape index (κ1) is 34.0. The van der Waals surface area contributed by atoms with Crippen LogP contribution in [0.1, 0.15) is 5.56 Å². The van der Waals surface area contributed by atoms with Crippen LogP contribution < -0.4 is 5.32 Å². The number of benzene rings is 2. The van der Waals surface area contributed by atoms with Gasteiger partial charge in [0, 0.05) is 30.8 Å². The maximum Gasteiger partial charge on any atom is 0.335 e. The van der Waals surface area contributed by atoms with Gasteiger partial charge in [0.2, 0.25) is 0 Å². The van der Waals surface area contributed by atoms with E-state index in [0.29, 0.717) is 16.9 Å². The number of carbonyl (C=O) groups is 2. The summed E-state index contributed by atoms with van der Waals surface area (Å²) >= 11 is 3.51. The maximum absolute atomic E-state index is 13.3. The molecule has 2 aliphatic heterocycles. The lowest BCUT2D eigenvalue weighted by atomic mass is 9.96. The van der Waals surface area contributed by atoms with Crippen molar-refractivity contribution >= 4 is 27.8 Å². The van der Waals surface area contributed by atoms with E-state index in [1.54, 1.807) is 29.1 Å². The van der Waals surface area contributed by atoms with Crippen molar-refractivity contribution in [1.82, 2.24) is 20.3 Å². The van der Waals surface area contributed by atoms with Crippen LogP contribution in [0.25, 0.3) is 16.9 Å². The Balaban J connectivity index is 1.28. The minimum atomic E-state index is -1.86. The molecule has 16 nitrogen and oxygen atoms in total. The molecule has 0 radical (unpaired) electrons. The van der Waals surface area contributed by atoms with Gasteiger partial charge in [-0.2, -0.15) is 0 Å². The molecule has 0 saturated carbocycles. The van der Waals surface area contributed by atoms with E-state index in [9.17, 15) is 35.1 Å². The van der Waals surface area contributed by atoms with Gasteiger partial charge < -0.3 is 54.5 Å². The van der Waals surface area contributed by atoms with Gasteiger partial charge in [0.15, 0.2) is 24.8 Å². The number of nitrogens with one attached hydrogen (secondary N) is 1. The molecule has 1 amide bonds. The van der Waals surface area contributed by atoms with Crippen LogP contribution in [-0.2, 0) is 39.8 Å². The van der Waals surface area contributed by atoms with Crippen molar-refractivity contribution in [2.45, 2.75) is 68.0 Å². The van der Waals surface area contributed by atoms with E-state index in [2.05, 4.69) is 31.6 Å². The zero-order valence-corrected chi connectivity index (χ0v) is 26.1. The number of carboxylic acid groups (broad SMARTS) is 1. The van der Waals surface area contributed by atoms with Crippen LogP contribution in [0.4, 0.5) is 0 Å². The molecule has 2 fully saturated rings. The molecule has 2 saturated heterocycles. The van der Waals surface area contributed by atoms with Crippen LogP contribution in [0.3, 0.4) is 0 Å². The van der Waals surface area contributed by atoms with Gasteiger partial charge in [-0.1, -0.05) is 51.5 Å². The second-order valence-electron chi connectivity index (χ2n) is 10.6. The number of carbonyl (C=O) groups excluding carboxylic acids is 1. The number of hydrogen-bond donors (Lipinski definition) is 6. The van der Waals surface area contributed by atoms with Gasteiger partial charge in [-0.15, -0.1) is 5.10 Å². The Bertz CT molecular complexity index is 1530. The number of halogens is 1. The first-order valence-corrected chi connectivity index (χ1v) is 14.8. The van der Waals surface area contributed by atoms with Crippen molar-refractivity contribution in [2.24, 2.45) is 0 Å². The lowest BCUT2D eigenvalue weighted by Crippen LogP contribution is -2.66. The molecular weight excluding hydrogens is 676 g/mol. The molecule has 0 bridgehead atoms. The summed E-state index contributed by atoms with van der Waals surface area (Å²) in [4.78, 5) is 25.2. The van der Waals surface area contributed by atoms with E-state index in [1.165, 1.54) is 7.11 Å². The highest BCUT2D eigenvalue weighted by Gasteiger charge is 2.54. The number of amides is 1. The Morgan fingerprint density at radius 2 is 1.61 bits per heavy atom. The summed E-state index contributed by atoms with van der Waals surface area (Å²) in [5, 5.41) is 63.1. The zero-order chi connectivity index (χ0) is 33.1. The molecule has 1 aromatic heterocycles. The van der Waals surface area contributed by atoms with Gasteiger partial charge in [-0.25, -0.2) is 9.48 Å². The highest BCUT2D eigenvalue weighted by Crippen LogP contribution is 2.31. The van der Waals surface area contributed by atoms with Crippen LogP contribution in [0.15, 0.2) is 59.2 Å². The number of nitrogens with zero attached hydrogens (tertiary/aromatic N) is 3. The molecule has 46 heavy (non-hydrogen) atoms. The predicted molar refractivity (Wildman–Crippen MR) is 158 cm³/mol. The van der Waals surface area contributed by atoms with Gasteiger partial charge in [0.05, 0.1) is 11.9 Å². The molecule has 248 valence electrons. The van der Waals surface area contributed by atoms with Crippen molar-refractivity contribution in [3.05, 3.63) is 64.8 Å². The third kappa shape index (κ3) is 6.98. The smallest absolute Gasteiger partial charge is 0.335 e. The summed E-state index contributed by atoms with van der Waals surface area (Å²) in [5.41, 5.74) is 2.87. The number of ether oxygens (including phenoxy) is 5. The molecule has 10 unspecified atom stereocenters. The lowest BCUT2D eigenvalue weighted by molar-refractivity contribution is -0.348. The predicted octanol–water partition coefficient (Wildman–Crippen LogP) is -0.662. The summed E-state index contributed by atoms with van der Waals surface area (Å²) < 4.78 is 29.0. The first-order chi connectivity index (χ1) is 22.0. The number of methoxy groups -OCH3 is 2. The highest BCUT2D eigenvalue weighted by atomic mass is 79.9. The second-order valence-corrected chi connectivity index (χ2v) is 11.5. The number of aromatic nitrogens is 3. The molecule has 3 aromatic rings. The Morgan fingerprint density at radius 3 is 2.30 bits per heavy atom. The van der Waals surface area contributed by atoms with Crippen molar-refractivity contribution < 1.29 is 58.8 Å². The van der Waals surface area contributed by atoms with Crippen LogP contribution >= 0.6 is 15.9 Å². The molecule has 0 spiro atoms. The van der Waals surface area contributed by atoms with Crippen LogP contribution in [0.5, 0.6) is 0 Å². The van der Waals surface area contributed by atoms with Crippen LogP contribution in [0.2, 0.25) is 0 Å². The minimum absolute atomic E-state index is 0.0137. The van der Waals surface area contributed by atoms with Crippen molar-refractivity contribution in [1.29, 1.82) is 0 Å². The number of aliphatic hydroxyl groups is 4. The summed E-state index contributed by atoms with van der Waals surface area (Å²) in [6, 6.07) is 14.7. The fourth-order valence-electron chi connectivity index (χ4n) is 5.24. The van der Waals surface area contributed by atoms with Gasteiger partial charge in [-0.3, -0.25) is 4.79 Å². The fourth-order valence-corrected chi connectivity index (χ4v) is 5.73. The minimum Gasteiger partial charge on any atom is -0.479 e. The molecule has 2 aromatic carbocycles. The third-order valence-corrected chi connectivity index (χ3v) is 8.36. The topological polar surface area (TPSA) is 224 Å². The van der Waals surface area contributed by atoms with Gasteiger partial charge >= 0.3 is 5.97 Å². The van der Waals surface area contributed by atoms with Crippen molar-refractivity contribution in [3.8, 4) is 16.9 Å². The fraction of sp³-hybridized carbons (Fsp3) is 0.448. The van der Waals surface area contributed by atoms with E-state index in [4.69, 9.17) is 23.7 Å². The quantitative estimate of drug-likeness (QED) is 0.154. The Kier molecular flexibility index (Phi) is 10.8. The summed E-state index contributed by atoms with van der Waals surface area (Å²) in [6.07, 6.45) is -15.2. The lowest BCUT2D eigenvalue weighted by Gasteiger charge is -2.45. The third-order valence-electron chi connectivity index (χ3n) is 7.67. The summed E-state index contributed by atoms with van der Waals surface area (Å²) in [5.74, 6) is -2.31. The number of carboxylic acids is 1. The highest BCUT2D eigenvalue weighted by molar-refractivity contribution is 9.10. The molecular formula is C29H33BrN4O12. The van der Waals surface area contributed by atoms with Crippen LogP contribution in [0, 0.1) is 0 Å². The molecule has 6 N–H and O–H groups in total. The SMILES string of the molecule is COC1OC(C(=O)O)C(OC2OC(C(=O)NCc3cccc(-n4cc(-c5ccccc5Br)nn4)c3)C(OC)C(O)C2O)C(O)C1O. The molecule has 0 aliphatic carbocycles. The standard InChI is InChI=1S/C29H33BrN4O12/c1-42-22-18(35)21(38)29(44-23-19(36)20(37)28(43-2)46-25(23)27(40)41)45-24(22)26(39)31-11-13-6-5-7-14(10-13)34-12-17(32-33-34)15-8-3-4-9-16(15)30/h3-10,12,18-25,28-29,35-38H,11H2,1-2H3,(H,31,39)(H,40,41). The zero-order valence-electron chi connectivity index (χ0n) is 24.5. The molecule has 10 atom stereocenters. The average molecular weight is 710 g/mol. The second kappa shape index (κ2) is 14.6. The van der Waals surface area contributed by atoms with E-state index < -0.39 is 73.3 Å². The van der Waals surface area contributed by atoms with Gasteiger partial charge in [-0.05, 0) is 23.8 Å². The first-order valence-electron chi connectivity index (χ1n) is 14.0. The molecule has 17 heteroatoms. The molecule has 3 heterocycles. The van der Waals surface area contributed by atoms with Gasteiger partial charge in [0.1, 0.15) is 42.3 Å². The summed E-state index contributed by atoms with van der Waals surface area (Å²) in [6.45, 7) is 0.0137. The summed E-state index contributed by atoms with van der Waals surface area (Å²) in [7, 11) is 2.35. The normalized spacial score (nSPS) is 31.4. The van der Waals surface area contributed by atoms with E-state index in [1.807, 2.05) is 30.3 Å². The maximum atomic E-state index is 13.3. The molecule has 5 rings (SSSR count). The number of aliphatic hydroxyl groups excluding tert-OH is 4. The Morgan fingerprint density at radius 1 is 0.913 bits per heavy atom. The largest absolute Gasteiger partial charge is 0.479 e. The Hall–Kier alpha value is -3.36. The van der Waals surface area contributed by atoms with Crippen molar-refractivity contribution in [3.63, 3.8) is 0 Å². The van der Waals surface area contributed by atoms with E-state index >= 15 is 0 Å². The average Bonchev–Trinajstić information content (AvgIpc) is 3.54. The van der Waals surface area contributed by atoms with Crippen molar-refractivity contribution in [2.75, 3.05) is 14.2 Å². The number of aliphatic carboxylic acids is 1. The monoisotopic (exact) mass is 708 g/mol. The Labute approximate surface area is 270 Å². The van der Waals surface area contributed by atoms with Gasteiger partial charge in [0.25, 0.3) is 5.91 Å². The van der Waals surface area contributed by atoms with E-state index in [0.717, 1.165) is 17.1 Å².